The number of hydrogen-bond acceptors (Lipinski definition) is 1. The van der Waals surface area contributed by atoms with Crippen molar-refractivity contribution in [2.45, 2.75) is 52.5 Å². The first-order valence-corrected chi connectivity index (χ1v) is 5.81. The summed E-state index contributed by atoms with van der Waals surface area (Å²) in [6, 6.07) is 0.939. The van der Waals surface area contributed by atoms with Crippen LogP contribution in [0.1, 0.15) is 46.5 Å². The van der Waals surface area contributed by atoms with Crippen LogP contribution < -0.4 is 0 Å². The van der Waals surface area contributed by atoms with E-state index in [1.54, 1.807) is 0 Å². The van der Waals surface area contributed by atoms with Gasteiger partial charge in [0.1, 0.15) is 0 Å². The van der Waals surface area contributed by atoms with Crippen LogP contribution in [0.3, 0.4) is 0 Å². The van der Waals surface area contributed by atoms with Crippen LogP contribution in [0.2, 0.25) is 0 Å². The summed E-state index contributed by atoms with van der Waals surface area (Å²) in [6.07, 6.45) is 5.75. The van der Waals surface area contributed by atoms with Gasteiger partial charge in [-0.05, 0) is 43.6 Å². The van der Waals surface area contributed by atoms with Gasteiger partial charge < -0.3 is 0 Å². The smallest absolute Gasteiger partial charge is 0.0101 e. The Morgan fingerprint density at radius 2 is 1.92 bits per heavy atom. The summed E-state index contributed by atoms with van der Waals surface area (Å²) in [5.74, 6) is 0.995. The Kier molecular flexibility index (Phi) is 2.39. The summed E-state index contributed by atoms with van der Waals surface area (Å²) in [4.78, 5) is 2.74. The van der Waals surface area contributed by atoms with E-state index in [-0.39, 0.29) is 0 Å². The van der Waals surface area contributed by atoms with E-state index in [0.29, 0.717) is 5.41 Å². The molecule has 2 rings (SSSR count). The molecule has 1 aliphatic carbocycles. The van der Waals surface area contributed by atoms with Crippen molar-refractivity contribution in [2.75, 3.05) is 13.1 Å². The Labute approximate surface area is 82.5 Å². The van der Waals surface area contributed by atoms with Gasteiger partial charge in [-0.15, -0.1) is 0 Å². The van der Waals surface area contributed by atoms with Crippen molar-refractivity contribution < 1.29 is 0 Å². The van der Waals surface area contributed by atoms with Crippen molar-refractivity contribution in [3.8, 4) is 0 Å². The molecule has 0 atom stereocenters. The van der Waals surface area contributed by atoms with Gasteiger partial charge in [0.05, 0.1) is 0 Å². The molecule has 1 nitrogen and oxygen atoms in total. The molecule has 0 amide bonds. The number of rotatable bonds is 1. The summed E-state index contributed by atoms with van der Waals surface area (Å²) >= 11 is 0. The molecular weight excluding hydrogens is 158 g/mol. The highest BCUT2D eigenvalue weighted by molar-refractivity contribution is 4.90. The molecule has 1 saturated carbocycles. The van der Waals surface area contributed by atoms with Crippen LogP contribution >= 0.6 is 0 Å². The largest absolute Gasteiger partial charge is 0.300 e. The molecule has 76 valence electrons. The first-order valence-electron chi connectivity index (χ1n) is 5.81. The lowest BCUT2D eigenvalue weighted by Gasteiger charge is -2.47. The van der Waals surface area contributed by atoms with Crippen molar-refractivity contribution in [1.29, 1.82) is 0 Å². The van der Waals surface area contributed by atoms with Crippen LogP contribution in [-0.2, 0) is 0 Å². The zero-order valence-corrected chi connectivity index (χ0v) is 9.34. The second-order valence-electron chi connectivity index (χ2n) is 5.97. The molecule has 2 fully saturated rings. The Balaban J connectivity index is 1.86. The molecule has 2 aliphatic rings. The number of hydrogen-bond donors (Lipinski definition) is 0. The van der Waals surface area contributed by atoms with Gasteiger partial charge in [-0.3, -0.25) is 4.90 Å². The minimum atomic E-state index is 0.580. The highest BCUT2D eigenvalue weighted by Gasteiger charge is 2.35. The second kappa shape index (κ2) is 3.27. The van der Waals surface area contributed by atoms with E-state index in [1.807, 2.05) is 0 Å². The molecule has 1 heteroatoms. The third kappa shape index (κ3) is 2.07. The Hall–Kier alpha value is -0.0400. The van der Waals surface area contributed by atoms with Crippen LogP contribution in [0.25, 0.3) is 0 Å². The second-order valence-corrected chi connectivity index (χ2v) is 5.97. The predicted octanol–water partition coefficient (Wildman–Crippen LogP) is 2.91. The summed E-state index contributed by atoms with van der Waals surface area (Å²) in [7, 11) is 0. The highest BCUT2D eigenvalue weighted by Crippen LogP contribution is 2.36. The maximum absolute atomic E-state index is 2.74. The summed E-state index contributed by atoms with van der Waals surface area (Å²) in [6.45, 7) is 9.92. The summed E-state index contributed by atoms with van der Waals surface area (Å²) < 4.78 is 0. The highest BCUT2D eigenvalue weighted by atomic mass is 15.2. The van der Waals surface area contributed by atoms with Gasteiger partial charge in [-0.25, -0.2) is 0 Å². The lowest BCUT2D eigenvalue weighted by molar-refractivity contribution is 0.0223. The molecule has 0 aromatic rings. The molecular formula is C12H23N. The topological polar surface area (TPSA) is 3.24 Å². The van der Waals surface area contributed by atoms with E-state index < -0.39 is 0 Å². The van der Waals surface area contributed by atoms with Crippen molar-refractivity contribution in [3.63, 3.8) is 0 Å². The van der Waals surface area contributed by atoms with Gasteiger partial charge in [0.25, 0.3) is 0 Å². The molecule has 0 unspecified atom stereocenters. The van der Waals surface area contributed by atoms with Gasteiger partial charge in [0.2, 0.25) is 0 Å². The molecule has 1 aliphatic heterocycles. The molecule has 0 bridgehead atoms. The normalized spacial score (nSPS) is 39.9. The molecule has 1 heterocycles. The zero-order valence-electron chi connectivity index (χ0n) is 9.34. The minimum Gasteiger partial charge on any atom is -0.300 e. The Morgan fingerprint density at radius 1 is 1.23 bits per heavy atom. The van der Waals surface area contributed by atoms with E-state index in [4.69, 9.17) is 0 Å². The van der Waals surface area contributed by atoms with E-state index >= 15 is 0 Å². The van der Waals surface area contributed by atoms with E-state index in [9.17, 15) is 0 Å². The quantitative estimate of drug-likeness (QED) is 0.601. The van der Waals surface area contributed by atoms with Crippen LogP contribution in [0.4, 0.5) is 0 Å². The number of likely N-dealkylation sites (tertiary alicyclic amines) is 1. The fourth-order valence-electron chi connectivity index (χ4n) is 2.94. The SMILES string of the molecule is CC1CC(N2CCCC(C)(C)C2)C1. The number of nitrogens with zero attached hydrogens (tertiary/aromatic N) is 1. The van der Waals surface area contributed by atoms with Gasteiger partial charge in [0, 0.05) is 12.6 Å². The van der Waals surface area contributed by atoms with Gasteiger partial charge in [0.15, 0.2) is 0 Å². The van der Waals surface area contributed by atoms with Crippen molar-refractivity contribution in [2.24, 2.45) is 11.3 Å². The standard InChI is InChI=1S/C12H23N/c1-10-7-11(8-10)13-6-4-5-12(2,3)9-13/h10-11H,4-9H2,1-3H3. The summed E-state index contributed by atoms with van der Waals surface area (Å²) in [5.41, 5.74) is 0.580. The van der Waals surface area contributed by atoms with E-state index in [0.717, 1.165) is 12.0 Å². The molecule has 0 N–H and O–H groups in total. The summed E-state index contributed by atoms with van der Waals surface area (Å²) in [5, 5.41) is 0. The molecule has 0 aromatic carbocycles. The monoisotopic (exact) mass is 181 g/mol. The maximum Gasteiger partial charge on any atom is 0.0101 e. The minimum absolute atomic E-state index is 0.580. The van der Waals surface area contributed by atoms with Crippen LogP contribution in [0, 0.1) is 11.3 Å². The molecule has 13 heavy (non-hydrogen) atoms. The van der Waals surface area contributed by atoms with Crippen LogP contribution in [0.5, 0.6) is 0 Å². The first kappa shape index (κ1) is 9.51. The number of piperidine rings is 1. The zero-order chi connectivity index (χ0) is 9.47. The van der Waals surface area contributed by atoms with Crippen molar-refractivity contribution >= 4 is 0 Å². The van der Waals surface area contributed by atoms with E-state index in [2.05, 4.69) is 25.7 Å². The fraction of sp³-hybridized carbons (Fsp3) is 1.00. The third-order valence-corrected chi connectivity index (χ3v) is 3.80. The van der Waals surface area contributed by atoms with Gasteiger partial charge >= 0.3 is 0 Å². The lowest BCUT2D eigenvalue weighted by atomic mass is 9.77. The van der Waals surface area contributed by atoms with Crippen LogP contribution in [0.15, 0.2) is 0 Å². The van der Waals surface area contributed by atoms with Crippen molar-refractivity contribution in [3.05, 3.63) is 0 Å². The fourth-order valence-corrected chi connectivity index (χ4v) is 2.94. The van der Waals surface area contributed by atoms with E-state index in [1.165, 1.54) is 38.8 Å². The first-order chi connectivity index (χ1) is 6.07. The average Bonchev–Trinajstić information content (AvgIpc) is 1.97. The van der Waals surface area contributed by atoms with Gasteiger partial charge in [-0.2, -0.15) is 0 Å². The molecule has 0 spiro atoms. The molecule has 0 aromatic heterocycles. The van der Waals surface area contributed by atoms with Crippen LogP contribution in [-0.4, -0.2) is 24.0 Å². The maximum atomic E-state index is 2.74. The average molecular weight is 181 g/mol. The molecule has 1 saturated heterocycles. The molecule has 0 radical (unpaired) electrons. The Morgan fingerprint density at radius 3 is 2.46 bits per heavy atom. The Bertz CT molecular complexity index is 180. The van der Waals surface area contributed by atoms with Gasteiger partial charge in [-0.1, -0.05) is 20.8 Å². The lowest BCUT2D eigenvalue weighted by Crippen LogP contribution is -2.50. The van der Waals surface area contributed by atoms with Crippen molar-refractivity contribution in [1.82, 2.24) is 4.90 Å². The predicted molar refractivity (Wildman–Crippen MR) is 56.8 cm³/mol. The third-order valence-electron chi connectivity index (χ3n) is 3.80.